The lowest BCUT2D eigenvalue weighted by Gasteiger charge is -2.11. The molecule has 0 spiro atoms. The largest absolute Gasteiger partial charge is 0.482 e. The Morgan fingerprint density at radius 3 is 2.45 bits per heavy atom. The van der Waals surface area contributed by atoms with Crippen molar-refractivity contribution in [2.45, 2.75) is 13.1 Å². The van der Waals surface area contributed by atoms with Gasteiger partial charge < -0.3 is 14.8 Å². The maximum atomic E-state index is 12.7. The highest BCUT2D eigenvalue weighted by molar-refractivity contribution is 5.95. The number of nitro groups is 1. The van der Waals surface area contributed by atoms with Crippen molar-refractivity contribution in [3.8, 4) is 5.75 Å². The topological polar surface area (TPSA) is 108 Å². The molecule has 0 aromatic heterocycles. The van der Waals surface area contributed by atoms with Crippen molar-refractivity contribution in [2.24, 2.45) is 0 Å². The highest BCUT2D eigenvalue weighted by Crippen LogP contribution is 2.34. The second-order valence-electron chi connectivity index (χ2n) is 5.75. The third kappa shape index (κ3) is 6.19. The number of para-hydroxylation sites is 1. The van der Waals surface area contributed by atoms with Crippen molar-refractivity contribution < 1.29 is 37.2 Å². The number of halogens is 3. The van der Waals surface area contributed by atoms with Crippen molar-refractivity contribution in [1.82, 2.24) is 0 Å². The molecule has 0 saturated carbocycles. The summed E-state index contributed by atoms with van der Waals surface area (Å²) in [5.74, 6) is -1.38. The Labute approximate surface area is 162 Å². The third-order valence-electron chi connectivity index (χ3n) is 3.60. The first-order valence-corrected chi connectivity index (χ1v) is 8.07. The summed E-state index contributed by atoms with van der Waals surface area (Å²) in [5, 5.41) is 13.0. The lowest BCUT2D eigenvalue weighted by molar-refractivity contribution is -0.384. The van der Waals surface area contributed by atoms with Crippen molar-refractivity contribution in [1.29, 1.82) is 0 Å². The number of aryl methyl sites for hydroxylation is 1. The van der Waals surface area contributed by atoms with E-state index in [9.17, 15) is 32.9 Å². The number of benzene rings is 2. The van der Waals surface area contributed by atoms with Gasteiger partial charge >= 0.3 is 12.1 Å². The highest BCUT2D eigenvalue weighted by Gasteiger charge is 2.33. The fourth-order valence-electron chi connectivity index (χ4n) is 2.19. The zero-order chi connectivity index (χ0) is 21.6. The molecular weight excluding hydrogens is 397 g/mol. The number of ether oxygens (including phenoxy) is 2. The van der Waals surface area contributed by atoms with Gasteiger partial charge in [0, 0.05) is 6.07 Å². The zero-order valence-electron chi connectivity index (χ0n) is 15.0. The smallest absolute Gasteiger partial charge is 0.416 e. The standard InChI is InChI=1S/C18H15F3N2O6/c1-11-4-2-3-5-15(11)28-10-17(25)29-9-16(24)22-13-7-6-12(18(19,20)21)8-14(13)23(26)27/h2-8H,9-10H2,1H3,(H,22,24). The van der Waals surface area contributed by atoms with Crippen LogP contribution < -0.4 is 10.1 Å². The lowest BCUT2D eigenvalue weighted by Crippen LogP contribution is -2.24. The van der Waals surface area contributed by atoms with Crippen molar-refractivity contribution in [2.75, 3.05) is 18.5 Å². The van der Waals surface area contributed by atoms with Gasteiger partial charge in [-0.15, -0.1) is 0 Å². The number of nitrogens with one attached hydrogen (secondary N) is 1. The first-order chi connectivity index (χ1) is 13.6. The van der Waals surface area contributed by atoms with Gasteiger partial charge in [-0.05, 0) is 30.7 Å². The minimum absolute atomic E-state index is 0.303. The maximum Gasteiger partial charge on any atom is 0.416 e. The van der Waals surface area contributed by atoms with Gasteiger partial charge in [-0.3, -0.25) is 14.9 Å². The van der Waals surface area contributed by atoms with E-state index in [1.165, 1.54) is 0 Å². The molecule has 0 saturated heterocycles. The molecule has 11 heteroatoms. The minimum Gasteiger partial charge on any atom is -0.482 e. The molecule has 0 aliphatic heterocycles. The predicted octanol–water partition coefficient (Wildman–Crippen LogP) is 3.48. The number of alkyl halides is 3. The molecule has 0 aliphatic rings. The second kappa shape index (κ2) is 9.04. The Kier molecular flexibility index (Phi) is 6.75. The molecule has 2 aromatic rings. The van der Waals surface area contributed by atoms with Gasteiger partial charge in [0.1, 0.15) is 11.4 Å². The van der Waals surface area contributed by atoms with Crippen molar-refractivity contribution in [3.63, 3.8) is 0 Å². The summed E-state index contributed by atoms with van der Waals surface area (Å²) in [6.07, 6.45) is -4.78. The molecule has 0 aliphatic carbocycles. The molecule has 0 fully saturated rings. The average molecular weight is 412 g/mol. The number of nitrogens with zero attached hydrogens (tertiary/aromatic N) is 1. The van der Waals surface area contributed by atoms with Gasteiger partial charge in [-0.25, -0.2) is 4.79 Å². The fraction of sp³-hybridized carbons (Fsp3) is 0.222. The number of rotatable bonds is 7. The maximum absolute atomic E-state index is 12.7. The van der Waals surface area contributed by atoms with Gasteiger partial charge in [0.25, 0.3) is 11.6 Å². The van der Waals surface area contributed by atoms with E-state index >= 15 is 0 Å². The van der Waals surface area contributed by atoms with Crippen molar-refractivity contribution >= 4 is 23.3 Å². The van der Waals surface area contributed by atoms with E-state index in [1.54, 1.807) is 31.2 Å². The molecule has 2 rings (SSSR count). The number of hydrogen-bond acceptors (Lipinski definition) is 6. The van der Waals surface area contributed by atoms with Gasteiger partial charge in [-0.1, -0.05) is 18.2 Å². The number of hydrogen-bond donors (Lipinski definition) is 1. The van der Waals surface area contributed by atoms with Crippen LogP contribution >= 0.6 is 0 Å². The average Bonchev–Trinajstić information content (AvgIpc) is 2.65. The van der Waals surface area contributed by atoms with E-state index in [1.807, 2.05) is 5.32 Å². The first-order valence-electron chi connectivity index (χ1n) is 8.07. The van der Waals surface area contributed by atoms with Crippen LogP contribution in [0.15, 0.2) is 42.5 Å². The highest BCUT2D eigenvalue weighted by atomic mass is 19.4. The summed E-state index contributed by atoms with van der Waals surface area (Å²) in [6.45, 7) is 0.498. The Balaban J connectivity index is 1.92. The summed E-state index contributed by atoms with van der Waals surface area (Å²) < 4.78 is 48.0. The molecule has 1 N–H and O–H groups in total. The van der Waals surface area contributed by atoms with Crippen molar-refractivity contribution in [3.05, 3.63) is 63.7 Å². The monoisotopic (exact) mass is 412 g/mol. The first kappa shape index (κ1) is 21.7. The summed E-state index contributed by atoms with van der Waals surface area (Å²) >= 11 is 0. The molecule has 0 bridgehead atoms. The van der Waals surface area contributed by atoms with Crippen LogP contribution in [0.2, 0.25) is 0 Å². The lowest BCUT2D eigenvalue weighted by atomic mass is 10.1. The number of nitro benzene ring substituents is 1. The van der Waals surface area contributed by atoms with Gasteiger partial charge in [0.05, 0.1) is 10.5 Å². The van der Waals surface area contributed by atoms with Crippen LogP contribution in [0, 0.1) is 17.0 Å². The van der Waals surface area contributed by atoms with Crippen LogP contribution in [0.25, 0.3) is 0 Å². The molecule has 0 unspecified atom stereocenters. The van der Waals surface area contributed by atoms with E-state index in [-0.39, 0.29) is 0 Å². The molecule has 1 amide bonds. The van der Waals surface area contributed by atoms with Gasteiger partial charge in [0.15, 0.2) is 13.2 Å². The number of amides is 1. The van der Waals surface area contributed by atoms with E-state index in [0.29, 0.717) is 17.9 Å². The third-order valence-corrected chi connectivity index (χ3v) is 3.60. The number of carbonyl (C=O) groups excluding carboxylic acids is 2. The van der Waals surface area contributed by atoms with E-state index in [0.717, 1.165) is 11.6 Å². The zero-order valence-corrected chi connectivity index (χ0v) is 15.0. The molecular formula is C18H15F3N2O6. The summed E-state index contributed by atoms with van der Waals surface area (Å²) in [5.41, 5.74) is -1.85. The molecule has 2 aromatic carbocycles. The molecule has 0 radical (unpaired) electrons. The van der Waals surface area contributed by atoms with Crippen LogP contribution in [0.5, 0.6) is 5.75 Å². The molecule has 154 valence electrons. The summed E-state index contributed by atoms with van der Waals surface area (Å²) in [4.78, 5) is 33.4. The molecule has 0 atom stereocenters. The Hall–Kier alpha value is -3.63. The Morgan fingerprint density at radius 2 is 1.83 bits per heavy atom. The van der Waals surface area contributed by atoms with Gasteiger partial charge in [0.2, 0.25) is 0 Å². The summed E-state index contributed by atoms with van der Waals surface area (Å²) in [6, 6.07) is 8.54. The van der Waals surface area contributed by atoms with Crippen LogP contribution in [-0.2, 0) is 20.5 Å². The van der Waals surface area contributed by atoms with Crippen LogP contribution in [0.1, 0.15) is 11.1 Å². The van der Waals surface area contributed by atoms with E-state index in [4.69, 9.17) is 9.47 Å². The number of carbonyl (C=O) groups is 2. The van der Waals surface area contributed by atoms with E-state index < -0.39 is 53.1 Å². The number of anilines is 1. The normalized spacial score (nSPS) is 10.9. The molecule has 8 nitrogen and oxygen atoms in total. The predicted molar refractivity (Wildman–Crippen MR) is 94.4 cm³/mol. The number of esters is 1. The molecule has 29 heavy (non-hydrogen) atoms. The second-order valence-corrected chi connectivity index (χ2v) is 5.75. The Morgan fingerprint density at radius 1 is 1.14 bits per heavy atom. The van der Waals surface area contributed by atoms with Crippen LogP contribution in [0.3, 0.4) is 0 Å². The quantitative estimate of drug-likeness (QED) is 0.424. The van der Waals surface area contributed by atoms with E-state index in [2.05, 4.69) is 0 Å². The van der Waals surface area contributed by atoms with Crippen LogP contribution in [0.4, 0.5) is 24.5 Å². The minimum atomic E-state index is -4.78. The van der Waals surface area contributed by atoms with Gasteiger partial charge in [-0.2, -0.15) is 13.2 Å². The van der Waals surface area contributed by atoms with Crippen LogP contribution in [-0.4, -0.2) is 30.0 Å². The SMILES string of the molecule is Cc1ccccc1OCC(=O)OCC(=O)Nc1ccc(C(F)(F)F)cc1[N+](=O)[O-]. The fourth-order valence-corrected chi connectivity index (χ4v) is 2.19. The summed E-state index contributed by atoms with van der Waals surface area (Å²) in [7, 11) is 0. The Bertz CT molecular complexity index is 930. The molecule has 0 heterocycles.